The van der Waals surface area contributed by atoms with Crippen LogP contribution in [0, 0.1) is 5.92 Å². The number of rotatable bonds is 4. The van der Waals surface area contributed by atoms with Crippen LogP contribution in [0.4, 0.5) is 10.8 Å². The van der Waals surface area contributed by atoms with E-state index in [1.807, 2.05) is 18.2 Å². The molecular weight excluding hydrogens is 306 g/mol. The minimum atomic E-state index is 0.157. The molecule has 4 rings (SSSR count). The number of nitrogens with one attached hydrogen (secondary N) is 1. The van der Waals surface area contributed by atoms with Crippen LogP contribution in [0.15, 0.2) is 29.6 Å². The lowest BCUT2D eigenvalue weighted by Crippen LogP contribution is -2.27. The van der Waals surface area contributed by atoms with Gasteiger partial charge in [-0.05, 0) is 37.8 Å². The molecule has 0 spiro atoms. The van der Waals surface area contributed by atoms with E-state index in [4.69, 9.17) is 4.98 Å². The van der Waals surface area contributed by atoms with E-state index in [2.05, 4.69) is 21.7 Å². The molecule has 120 valence electrons. The van der Waals surface area contributed by atoms with E-state index < -0.39 is 0 Å². The highest BCUT2D eigenvalue weighted by atomic mass is 32.1. The molecule has 1 aromatic carbocycles. The molecule has 2 heterocycles. The second-order valence-corrected chi connectivity index (χ2v) is 7.24. The third-order valence-electron chi connectivity index (χ3n) is 4.77. The standard InChI is InChI=1S/C18H21N3OS/c22-17(13-5-3-6-13)19-15-8-4-7-14(11-15)16-12-23-18(20-16)21-9-1-2-10-21/h4,7-8,11-13H,1-3,5-6,9-10H2,(H,19,22). The van der Waals surface area contributed by atoms with E-state index >= 15 is 0 Å². The van der Waals surface area contributed by atoms with Gasteiger partial charge in [0.2, 0.25) is 5.91 Å². The van der Waals surface area contributed by atoms with Gasteiger partial charge in [-0.1, -0.05) is 18.6 Å². The second-order valence-electron chi connectivity index (χ2n) is 6.41. The highest BCUT2D eigenvalue weighted by Crippen LogP contribution is 2.31. The lowest BCUT2D eigenvalue weighted by atomic mass is 9.85. The van der Waals surface area contributed by atoms with Crippen LogP contribution in [0.3, 0.4) is 0 Å². The summed E-state index contributed by atoms with van der Waals surface area (Å²) in [6.07, 6.45) is 5.75. The normalized spacial score (nSPS) is 18.0. The number of carbonyl (C=O) groups excluding carboxylic acids is 1. The van der Waals surface area contributed by atoms with Gasteiger partial charge in [0, 0.05) is 35.6 Å². The van der Waals surface area contributed by atoms with Crippen molar-refractivity contribution in [2.45, 2.75) is 32.1 Å². The van der Waals surface area contributed by atoms with Crippen molar-refractivity contribution < 1.29 is 4.79 Å². The monoisotopic (exact) mass is 327 g/mol. The van der Waals surface area contributed by atoms with E-state index in [0.717, 1.165) is 48.0 Å². The summed E-state index contributed by atoms with van der Waals surface area (Å²) >= 11 is 1.71. The Labute approximate surface area is 140 Å². The molecule has 0 bridgehead atoms. The molecule has 1 amide bonds. The molecule has 2 fully saturated rings. The Morgan fingerprint density at radius 2 is 2.04 bits per heavy atom. The maximum atomic E-state index is 12.1. The van der Waals surface area contributed by atoms with Gasteiger partial charge in [-0.2, -0.15) is 0 Å². The number of benzene rings is 1. The van der Waals surface area contributed by atoms with Gasteiger partial charge in [0.15, 0.2) is 5.13 Å². The zero-order chi connectivity index (χ0) is 15.6. The first-order valence-corrected chi connectivity index (χ1v) is 9.29. The Kier molecular flexibility index (Phi) is 4.04. The van der Waals surface area contributed by atoms with Crippen LogP contribution in [0.5, 0.6) is 0 Å². The number of aromatic nitrogens is 1. The average molecular weight is 327 g/mol. The van der Waals surface area contributed by atoms with Gasteiger partial charge in [0.25, 0.3) is 0 Å². The number of amides is 1. The molecule has 4 nitrogen and oxygen atoms in total. The van der Waals surface area contributed by atoms with Gasteiger partial charge in [-0.25, -0.2) is 4.98 Å². The Balaban J connectivity index is 1.50. The highest BCUT2D eigenvalue weighted by molar-refractivity contribution is 7.14. The zero-order valence-electron chi connectivity index (χ0n) is 13.1. The number of nitrogens with zero attached hydrogens (tertiary/aromatic N) is 2. The van der Waals surface area contributed by atoms with Crippen LogP contribution in [0.2, 0.25) is 0 Å². The van der Waals surface area contributed by atoms with E-state index in [-0.39, 0.29) is 11.8 Å². The molecule has 2 aliphatic rings. The number of anilines is 2. The maximum Gasteiger partial charge on any atom is 0.227 e. The molecule has 5 heteroatoms. The summed E-state index contributed by atoms with van der Waals surface area (Å²) < 4.78 is 0. The predicted molar refractivity (Wildman–Crippen MR) is 95.0 cm³/mol. The molecule has 2 aromatic rings. The summed E-state index contributed by atoms with van der Waals surface area (Å²) in [7, 11) is 0. The third kappa shape index (κ3) is 3.11. The van der Waals surface area contributed by atoms with Gasteiger partial charge in [-0.3, -0.25) is 4.79 Å². The SMILES string of the molecule is O=C(Nc1cccc(-c2csc(N3CCCC3)n2)c1)C1CCC1. The fourth-order valence-electron chi connectivity index (χ4n) is 3.12. The molecule has 1 aromatic heterocycles. The van der Waals surface area contributed by atoms with Gasteiger partial charge in [0.05, 0.1) is 5.69 Å². The van der Waals surface area contributed by atoms with Crippen molar-refractivity contribution in [3.05, 3.63) is 29.6 Å². The molecule has 0 radical (unpaired) electrons. The highest BCUT2D eigenvalue weighted by Gasteiger charge is 2.25. The van der Waals surface area contributed by atoms with Gasteiger partial charge < -0.3 is 10.2 Å². The van der Waals surface area contributed by atoms with Crippen LogP contribution in [0.25, 0.3) is 11.3 Å². The fraction of sp³-hybridized carbons (Fsp3) is 0.444. The fourth-order valence-corrected chi connectivity index (χ4v) is 4.01. The number of hydrogen-bond donors (Lipinski definition) is 1. The van der Waals surface area contributed by atoms with E-state index in [0.29, 0.717) is 0 Å². The Morgan fingerprint density at radius 3 is 2.78 bits per heavy atom. The summed E-state index contributed by atoms with van der Waals surface area (Å²) in [4.78, 5) is 19.2. The van der Waals surface area contributed by atoms with Crippen molar-refractivity contribution in [1.82, 2.24) is 4.98 Å². The molecule has 0 unspecified atom stereocenters. The molecular formula is C18H21N3OS. The first-order chi connectivity index (χ1) is 11.3. The maximum absolute atomic E-state index is 12.1. The second kappa shape index (κ2) is 6.32. The van der Waals surface area contributed by atoms with Crippen LogP contribution in [-0.2, 0) is 4.79 Å². The predicted octanol–water partition coefficient (Wildman–Crippen LogP) is 4.15. The Hall–Kier alpha value is -1.88. The summed E-state index contributed by atoms with van der Waals surface area (Å²) in [5.41, 5.74) is 2.94. The Bertz CT molecular complexity index is 702. The summed E-state index contributed by atoms with van der Waals surface area (Å²) in [6, 6.07) is 8.02. The molecule has 1 aliphatic heterocycles. The van der Waals surface area contributed by atoms with Gasteiger partial charge >= 0.3 is 0 Å². The first kappa shape index (κ1) is 14.7. The van der Waals surface area contributed by atoms with Gasteiger partial charge in [-0.15, -0.1) is 11.3 Å². The number of thiazole rings is 1. The van der Waals surface area contributed by atoms with E-state index in [9.17, 15) is 4.79 Å². The van der Waals surface area contributed by atoms with Crippen molar-refractivity contribution in [2.75, 3.05) is 23.3 Å². The lowest BCUT2D eigenvalue weighted by molar-refractivity contribution is -0.122. The van der Waals surface area contributed by atoms with E-state index in [1.54, 1.807) is 11.3 Å². The van der Waals surface area contributed by atoms with Gasteiger partial charge in [0.1, 0.15) is 0 Å². The van der Waals surface area contributed by atoms with Crippen LogP contribution in [0.1, 0.15) is 32.1 Å². The van der Waals surface area contributed by atoms with Crippen LogP contribution in [-0.4, -0.2) is 24.0 Å². The largest absolute Gasteiger partial charge is 0.348 e. The van der Waals surface area contributed by atoms with Crippen molar-refractivity contribution in [2.24, 2.45) is 5.92 Å². The summed E-state index contributed by atoms with van der Waals surface area (Å²) in [6.45, 7) is 2.23. The Morgan fingerprint density at radius 1 is 1.22 bits per heavy atom. The first-order valence-electron chi connectivity index (χ1n) is 8.41. The van der Waals surface area contributed by atoms with Crippen LogP contribution >= 0.6 is 11.3 Å². The molecule has 1 aliphatic carbocycles. The molecule has 0 atom stereocenters. The summed E-state index contributed by atoms with van der Waals surface area (Å²) in [5, 5.41) is 6.27. The zero-order valence-corrected chi connectivity index (χ0v) is 13.9. The smallest absolute Gasteiger partial charge is 0.227 e. The van der Waals surface area contributed by atoms with E-state index in [1.165, 1.54) is 19.3 Å². The molecule has 23 heavy (non-hydrogen) atoms. The van der Waals surface area contributed by atoms with Crippen molar-refractivity contribution >= 4 is 28.1 Å². The third-order valence-corrected chi connectivity index (χ3v) is 5.67. The summed E-state index contributed by atoms with van der Waals surface area (Å²) in [5.74, 6) is 0.365. The topological polar surface area (TPSA) is 45.2 Å². The van der Waals surface area contributed by atoms with Crippen molar-refractivity contribution in [1.29, 1.82) is 0 Å². The van der Waals surface area contributed by atoms with Crippen molar-refractivity contribution in [3.63, 3.8) is 0 Å². The molecule has 1 N–H and O–H groups in total. The van der Waals surface area contributed by atoms with Crippen LogP contribution < -0.4 is 10.2 Å². The minimum absolute atomic E-state index is 0.157. The lowest BCUT2D eigenvalue weighted by Gasteiger charge is -2.24. The molecule has 1 saturated heterocycles. The minimum Gasteiger partial charge on any atom is -0.348 e. The quantitative estimate of drug-likeness (QED) is 0.917. The van der Waals surface area contributed by atoms with Crippen molar-refractivity contribution in [3.8, 4) is 11.3 Å². The number of carbonyl (C=O) groups is 1. The average Bonchev–Trinajstić information content (AvgIpc) is 3.17. The molecule has 1 saturated carbocycles. The number of hydrogen-bond acceptors (Lipinski definition) is 4.